The third kappa shape index (κ3) is 2.23. The van der Waals surface area contributed by atoms with Crippen LogP contribution < -0.4 is 0 Å². The summed E-state index contributed by atoms with van der Waals surface area (Å²) in [5.74, 6) is 0.445. The van der Waals surface area contributed by atoms with Crippen LogP contribution in [0.5, 0.6) is 0 Å². The van der Waals surface area contributed by atoms with Gasteiger partial charge in [0, 0.05) is 15.6 Å². The van der Waals surface area contributed by atoms with Gasteiger partial charge in [0.15, 0.2) is 0 Å². The predicted octanol–water partition coefficient (Wildman–Crippen LogP) is 4.36. The van der Waals surface area contributed by atoms with Crippen molar-refractivity contribution in [2.45, 2.75) is 32.3 Å². The molecule has 18 heavy (non-hydrogen) atoms. The van der Waals surface area contributed by atoms with Gasteiger partial charge in [-0.05, 0) is 37.3 Å². The number of hydrogen-bond donors (Lipinski definition) is 1. The smallest absolute Gasteiger partial charge is 0.100 e. The van der Waals surface area contributed by atoms with Gasteiger partial charge in [-0.25, -0.2) is 0 Å². The summed E-state index contributed by atoms with van der Waals surface area (Å²) in [7, 11) is 0. The molecule has 0 radical (unpaired) electrons. The fourth-order valence-electron chi connectivity index (χ4n) is 2.79. The molecule has 4 heteroatoms. The van der Waals surface area contributed by atoms with Crippen LogP contribution in [-0.2, 0) is 0 Å². The van der Waals surface area contributed by atoms with E-state index in [4.69, 9.17) is 23.2 Å². The molecule has 2 rings (SSSR count). The van der Waals surface area contributed by atoms with E-state index in [9.17, 15) is 10.4 Å². The number of hydrogen-bond acceptors (Lipinski definition) is 2. The Hall–Kier alpha value is -0.750. The van der Waals surface area contributed by atoms with E-state index in [0.717, 1.165) is 6.42 Å². The minimum Gasteiger partial charge on any atom is -0.387 e. The Bertz CT molecular complexity index is 477. The third-order valence-electron chi connectivity index (χ3n) is 3.82. The molecule has 0 aromatic heterocycles. The summed E-state index contributed by atoms with van der Waals surface area (Å²) in [6, 6.07) is 7.41. The first kappa shape index (κ1) is 13.7. The van der Waals surface area contributed by atoms with Crippen molar-refractivity contribution >= 4 is 23.2 Å². The van der Waals surface area contributed by atoms with Crippen molar-refractivity contribution in [1.29, 1.82) is 5.26 Å². The normalized spacial score (nSPS) is 28.9. The fraction of sp³-hybridized carbons (Fsp3) is 0.500. The molecule has 1 N–H and O–H groups in total. The Morgan fingerprint density at radius 1 is 1.44 bits per heavy atom. The molecule has 1 aromatic rings. The van der Waals surface area contributed by atoms with E-state index < -0.39 is 11.5 Å². The number of rotatable bonds is 2. The lowest BCUT2D eigenvalue weighted by atomic mass is 9.78. The lowest BCUT2D eigenvalue weighted by Gasteiger charge is -2.28. The lowest BCUT2D eigenvalue weighted by Crippen LogP contribution is -2.25. The summed E-state index contributed by atoms with van der Waals surface area (Å²) in [6.07, 6.45) is 1.40. The van der Waals surface area contributed by atoms with Crippen LogP contribution in [0.3, 0.4) is 0 Å². The first-order valence-electron chi connectivity index (χ1n) is 6.03. The van der Waals surface area contributed by atoms with Crippen molar-refractivity contribution in [3.05, 3.63) is 33.8 Å². The van der Waals surface area contributed by atoms with Crippen LogP contribution in [0, 0.1) is 22.7 Å². The van der Waals surface area contributed by atoms with Crippen LogP contribution in [0.25, 0.3) is 0 Å². The second kappa shape index (κ2) is 5.09. The molecule has 0 saturated heterocycles. The molecule has 2 nitrogen and oxygen atoms in total. The summed E-state index contributed by atoms with van der Waals surface area (Å²) in [5, 5.41) is 20.9. The highest BCUT2D eigenvalue weighted by atomic mass is 35.5. The Balaban J connectivity index is 2.42. The van der Waals surface area contributed by atoms with E-state index in [0.29, 0.717) is 34.4 Å². The third-order valence-corrected chi connectivity index (χ3v) is 4.47. The SMILES string of the molecule is CC1CCC(C#N)(C(O)c2c(Cl)cccc2Cl)C1. The van der Waals surface area contributed by atoms with Crippen molar-refractivity contribution in [3.63, 3.8) is 0 Å². The van der Waals surface area contributed by atoms with Gasteiger partial charge < -0.3 is 5.11 Å². The maximum Gasteiger partial charge on any atom is 0.100 e. The van der Waals surface area contributed by atoms with Gasteiger partial charge in [0.1, 0.15) is 6.10 Å². The van der Waals surface area contributed by atoms with E-state index >= 15 is 0 Å². The molecule has 0 spiro atoms. The highest BCUT2D eigenvalue weighted by molar-refractivity contribution is 6.36. The second-order valence-corrected chi connectivity index (χ2v) is 5.97. The standard InChI is InChI=1S/C14H15Cl2NO/c1-9-5-6-14(7-9,8-17)13(18)12-10(15)3-2-4-11(12)16/h2-4,9,13,18H,5-7H2,1H3. The molecule has 1 aliphatic carbocycles. The number of nitriles is 1. The van der Waals surface area contributed by atoms with Gasteiger partial charge in [-0.3, -0.25) is 0 Å². The first-order chi connectivity index (χ1) is 8.50. The Morgan fingerprint density at radius 3 is 2.50 bits per heavy atom. The van der Waals surface area contributed by atoms with Crippen molar-refractivity contribution < 1.29 is 5.11 Å². The molecule has 3 unspecified atom stereocenters. The topological polar surface area (TPSA) is 44.0 Å². The number of aliphatic hydroxyl groups is 1. The number of nitrogens with zero attached hydrogens (tertiary/aromatic N) is 1. The molecular weight excluding hydrogens is 269 g/mol. The first-order valence-corrected chi connectivity index (χ1v) is 6.79. The zero-order chi connectivity index (χ0) is 13.3. The van der Waals surface area contributed by atoms with Gasteiger partial charge in [0.05, 0.1) is 11.5 Å². The van der Waals surface area contributed by atoms with Crippen LogP contribution in [0.2, 0.25) is 10.0 Å². The molecule has 3 atom stereocenters. The summed E-state index contributed by atoms with van der Waals surface area (Å²) < 4.78 is 0. The van der Waals surface area contributed by atoms with E-state index in [1.54, 1.807) is 18.2 Å². The average Bonchev–Trinajstić information content (AvgIpc) is 2.72. The molecule has 1 fully saturated rings. The molecule has 1 saturated carbocycles. The minimum atomic E-state index is -0.923. The lowest BCUT2D eigenvalue weighted by molar-refractivity contribution is 0.0649. The van der Waals surface area contributed by atoms with Gasteiger partial charge in [0.2, 0.25) is 0 Å². The van der Waals surface area contributed by atoms with Gasteiger partial charge in [0.25, 0.3) is 0 Å². The van der Waals surface area contributed by atoms with Gasteiger partial charge in [-0.15, -0.1) is 0 Å². The van der Waals surface area contributed by atoms with Gasteiger partial charge in [-0.2, -0.15) is 5.26 Å². The predicted molar refractivity (Wildman–Crippen MR) is 72.5 cm³/mol. The van der Waals surface area contributed by atoms with Crippen molar-refractivity contribution in [2.75, 3.05) is 0 Å². The average molecular weight is 284 g/mol. The Kier molecular flexibility index (Phi) is 3.87. The van der Waals surface area contributed by atoms with Gasteiger partial charge in [-0.1, -0.05) is 36.2 Å². The van der Waals surface area contributed by atoms with Crippen LogP contribution in [0.1, 0.15) is 37.9 Å². The molecule has 0 heterocycles. The largest absolute Gasteiger partial charge is 0.387 e. The quantitative estimate of drug-likeness (QED) is 0.877. The van der Waals surface area contributed by atoms with Crippen LogP contribution in [0.15, 0.2) is 18.2 Å². The van der Waals surface area contributed by atoms with Crippen molar-refractivity contribution in [1.82, 2.24) is 0 Å². The molecule has 96 valence electrons. The fourth-order valence-corrected chi connectivity index (χ4v) is 3.39. The highest BCUT2D eigenvalue weighted by Gasteiger charge is 2.45. The van der Waals surface area contributed by atoms with E-state index in [2.05, 4.69) is 13.0 Å². The van der Waals surface area contributed by atoms with Gasteiger partial charge >= 0.3 is 0 Å². The molecule has 0 aliphatic heterocycles. The summed E-state index contributed by atoms with van der Waals surface area (Å²) >= 11 is 12.2. The summed E-state index contributed by atoms with van der Waals surface area (Å²) in [6.45, 7) is 2.10. The van der Waals surface area contributed by atoms with Crippen molar-refractivity contribution in [2.24, 2.45) is 11.3 Å². The molecular formula is C14H15Cl2NO. The highest BCUT2D eigenvalue weighted by Crippen LogP contribution is 2.51. The molecule has 1 aliphatic rings. The molecule has 0 bridgehead atoms. The summed E-state index contributed by atoms with van der Waals surface area (Å²) in [4.78, 5) is 0. The monoisotopic (exact) mass is 283 g/mol. The minimum absolute atomic E-state index is 0.421. The molecule has 1 aromatic carbocycles. The second-order valence-electron chi connectivity index (χ2n) is 5.15. The number of aliphatic hydroxyl groups excluding tert-OH is 1. The molecule has 0 amide bonds. The zero-order valence-corrected chi connectivity index (χ0v) is 11.7. The maximum atomic E-state index is 10.6. The van der Waals surface area contributed by atoms with E-state index in [1.807, 2.05) is 0 Å². The Labute approximate surface area is 117 Å². The van der Waals surface area contributed by atoms with Crippen molar-refractivity contribution in [3.8, 4) is 6.07 Å². The summed E-state index contributed by atoms with van der Waals surface area (Å²) in [5.41, 5.74) is -0.273. The number of halogens is 2. The van der Waals surface area contributed by atoms with Crippen LogP contribution >= 0.6 is 23.2 Å². The number of benzene rings is 1. The Morgan fingerprint density at radius 2 is 2.06 bits per heavy atom. The van der Waals surface area contributed by atoms with Crippen LogP contribution in [0.4, 0.5) is 0 Å². The van der Waals surface area contributed by atoms with E-state index in [1.165, 1.54) is 0 Å². The van der Waals surface area contributed by atoms with E-state index in [-0.39, 0.29) is 0 Å². The maximum absolute atomic E-state index is 10.6. The van der Waals surface area contributed by atoms with Crippen LogP contribution in [-0.4, -0.2) is 5.11 Å². The zero-order valence-electron chi connectivity index (χ0n) is 10.2.